The van der Waals surface area contributed by atoms with Crippen LogP contribution in [0.2, 0.25) is 5.02 Å². The highest BCUT2D eigenvalue weighted by atomic mass is 35.5. The number of nitrogens with zero attached hydrogens (tertiary/aromatic N) is 1. The van der Waals surface area contributed by atoms with Gasteiger partial charge in [0.05, 0.1) is 5.56 Å². The molecule has 0 spiro atoms. The lowest BCUT2D eigenvalue weighted by atomic mass is 10.1. The molecule has 2 aromatic rings. The quantitative estimate of drug-likeness (QED) is 0.719. The molecule has 2 rings (SSSR count). The molecular weight excluding hydrogens is 255 g/mol. The minimum Gasteiger partial charge on any atom is -0.350 e. The molecule has 0 saturated carbocycles. The predicted octanol–water partition coefficient (Wildman–Crippen LogP) is 3.58. The molecule has 0 radical (unpaired) electrons. The van der Waals surface area contributed by atoms with Crippen molar-refractivity contribution in [2.75, 3.05) is 0 Å². The molecule has 0 amide bonds. The summed E-state index contributed by atoms with van der Waals surface area (Å²) in [5.74, 6) is -1.86. The lowest BCUT2D eigenvalue weighted by Gasteiger charge is -2.03. The Hall–Kier alpha value is -1.49. The fraction of sp³-hybridized carbons (Fsp3) is 0.182. The van der Waals surface area contributed by atoms with Gasteiger partial charge in [0, 0.05) is 29.2 Å². The maximum atomic E-state index is 12.4. The van der Waals surface area contributed by atoms with Crippen LogP contribution in [-0.2, 0) is 7.05 Å². The largest absolute Gasteiger partial charge is 0.454 e. The van der Waals surface area contributed by atoms with Gasteiger partial charge in [0.1, 0.15) is 0 Å². The van der Waals surface area contributed by atoms with Gasteiger partial charge in [-0.05, 0) is 18.2 Å². The number of Topliss-reactive ketones (excluding diaryl/α,β-unsaturated/α-hetero) is 1. The van der Waals surface area contributed by atoms with Crippen molar-refractivity contribution in [3.05, 3.63) is 35.0 Å². The van der Waals surface area contributed by atoms with E-state index >= 15 is 0 Å². The van der Waals surface area contributed by atoms with Gasteiger partial charge in [-0.1, -0.05) is 11.6 Å². The molecule has 17 heavy (non-hydrogen) atoms. The van der Waals surface area contributed by atoms with Gasteiger partial charge in [0.15, 0.2) is 0 Å². The van der Waals surface area contributed by atoms with E-state index in [1.165, 1.54) is 10.6 Å². The van der Waals surface area contributed by atoms with E-state index < -0.39 is 12.0 Å². The molecule has 6 heteroatoms. The molecule has 1 aromatic heterocycles. The van der Waals surface area contributed by atoms with Crippen LogP contribution in [0.15, 0.2) is 24.4 Å². The number of aryl methyl sites for hydroxylation is 1. The Morgan fingerprint density at radius 1 is 1.35 bits per heavy atom. The second kappa shape index (κ2) is 3.77. The molecule has 0 bridgehead atoms. The first kappa shape index (κ1) is 12.0. The number of halogens is 4. The standard InChI is InChI=1S/C11H7ClF3NO/c1-16-5-8(10(17)11(13,14)15)7-4-6(12)2-3-9(7)16/h2-5H,1H3. The van der Waals surface area contributed by atoms with Gasteiger partial charge in [-0.25, -0.2) is 0 Å². The first-order chi connectivity index (χ1) is 7.80. The predicted molar refractivity (Wildman–Crippen MR) is 58.3 cm³/mol. The minimum atomic E-state index is -4.88. The zero-order valence-corrected chi connectivity index (χ0v) is 9.43. The normalized spacial score (nSPS) is 12.1. The van der Waals surface area contributed by atoms with E-state index in [0.717, 1.165) is 6.20 Å². The second-order valence-electron chi connectivity index (χ2n) is 3.64. The summed E-state index contributed by atoms with van der Waals surface area (Å²) in [5, 5.41) is 0.502. The Morgan fingerprint density at radius 3 is 2.59 bits per heavy atom. The lowest BCUT2D eigenvalue weighted by molar-refractivity contribution is -0.0884. The van der Waals surface area contributed by atoms with Gasteiger partial charge in [-0.15, -0.1) is 0 Å². The summed E-state index contributed by atoms with van der Waals surface area (Å²) in [6.07, 6.45) is -3.71. The third-order valence-electron chi connectivity index (χ3n) is 2.45. The van der Waals surface area contributed by atoms with Crippen LogP contribution in [-0.4, -0.2) is 16.5 Å². The maximum Gasteiger partial charge on any atom is 0.454 e. The summed E-state index contributed by atoms with van der Waals surface area (Å²) >= 11 is 5.72. The average molecular weight is 262 g/mol. The van der Waals surface area contributed by atoms with Crippen molar-refractivity contribution in [1.29, 1.82) is 0 Å². The van der Waals surface area contributed by atoms with Gasteiger partial charge < -0.3 is 4.57 Å². The molecule has 0 atom stereocenters. The molecule has 0 unspecified atom stereocenters. The summed E-state index contributed by atoms with van der Waals surface area (Å²) in [5.41, 5.74) is 0.152. The summed E-state index contributed by atoms with van der Waals surface area (Å²) in [4.78, 5) is 11.2. The van der Waals surface area contributed by atoms with Crippen molar-refractivity contribution in [3.8, 4) is 0 Å². The van der Waals surface area contributed by atoms with E-state index in [4.69, 9.17) is 11.6 Å². The topological polar surface area (TPSA) is 22.0 Å². The maximum absolute atomic E-state index is 12.4. The van der Waals surface area contributed by atoms with Crippen molar-refractivity contribution < 1.29 is 18.0 Å². The number of rotatable bonds is 1. The highest BCUT2D eigenvalue weighted by Gasteiger charge is 2.40. The highest BCUT2D eigenvalue weighted by Crippen LogP contribution is 2.29. The molecule has 0 aliphatic carbocycles. The van der Waals surface area contributed by atoms with Gasteiger partial charge in [-0.2, -0.15) is 13.2 Å². The molecule has 90 valence electrons. The lowest BCUT2D eigenvalue weighted by Crippen LogP contribution is -2.22. The van der Waals surface area contributed by atoms with Crippen LogP contribution in [0.25, 0.3) is 10.9 Å². The number of alkyl halides is 3. The van der Waals surface area contributed by atoms with Gasteiger partial charge >= 0.3 is 6.18 Å². The van der Waals surface area contributed by atoms with Crippen LogP contribution in [0.4, 0.5) is 13.2 Å². The Bertz CT molecular complexity index is 601. The Labute approximate surface area is 99.6 Å². The number of hydrogen-bond acceptors (Lipinski definition) is 1. The van der Waals surface area contributed by atoms with Crippen LogP contribution in [0.5, 0.6) is 0 Å². The summed E-state index contributed by atoms with van der Waals surface area (Å²) in [6, 6.07) is 4.49. The van der Waals surface area contributed by atoms with E-state index in [0.29, 0.717) is 10.5 Å². The number of fused-ring (bicyclic) bond motifs is 1. The third kappa shape index (κ3) is 2.02. The number of aromatic nitrogens is 1. The van der Waals surface area contributed by atoms with E-state index in [9.17, 15) is 18.0 Å². The Balaban J connectivity index is 2.70. The summed E-state index contributed by atoms with van der Waals surface area (Å²) in [6.45, 7) is 0. The average Bonchev–Trinajstić information content (AvgIpc) is 2.53. The van der Waals surface area contributed by atoms with Crippen LogP contribution in [0.3, 0.4) is 0 Å². The van der Waals surface area contributed by atoms with Gasteiger partial charge in [0.25, 0.3) is 5.78 Å². The molecule has 0 saturated heterocycles. The molecular formula is C11H7ClF3NO. The van der Waals surface area contributed by atoms with Gasteiger partial charge in [-0.3, -0.25) is 4.79 Å². The van der Waals surface area contributed by atoms with Gasteiger partial charge in [0.2, 0.25) is 0 Å². The van der Waals surface area contributed by atoms with Crippen LogP contribution in [0.1, 0.15) is 10.4 Å². The van der Waals surface area contributed by atoms with Crippen molar-refractivity contribution in [2.24, 2.45) is 7.05 Å². The molecule has 0 fully saturated rings. The number of benzene rings is 1. The first-order valence-corrected chi connectivity index (χ1v) is 5.04. The fourth-order valence-corrected chi connectivity index (χ4v) is 1.87. The fourth-order valence-electron chi connectivity index (χ4n) is 1.70. The van der Waals surface area contributed by atoms with Crippen molar-refractivity contribution in [3.63, 3.8) is 0 Å². The van der Waals surface area contributed by atoms with Crippen molar-refractivity contribution in [1.82, 2.24) is 4.57 Å². The zero-order valence-electron chi connectivity index (χ0n) is 8.68. The number of ketones is 1. The van der Waals surface area contributed by atoms with Crippen LogP contribution < -0.4 is 0 Å². The molecule has 1 aromatic carbocycles. The third-order valence-corrected chi connectivity index (χ3v) is 2.69. The van der Waals surface area contributed by atoms with Crippen molar-refractivity contribution in [2.45, 2.75) is 6.18 Å². The molecule has 0 N–H and O–H groups in total. The van der Waals surface area contributed by atoms with E-state index in [1.807, 2.05) is 0 Å². The van der Waals surface area contributed by atoms with E-state index in [-0.39, 0.29) is 10.9 Å². The molecule has 0 aliphatic rings. The number of carbonyl (C=O) groups is 1. The minimum absolute atomic E-state index is 0.210. The summed E-state index contributed by atoms with van der Waals surface area (Å²) < 4.78 is 38.6. The Kier molecular flexibility index (Phi) is 2.66. The number of hydrogen-bond donors (Lipinski definition) is 0. The molecule has 0 aliphatic heterocycles. The van der Waals surface area contributed by atoms with Crippen LogP contribution >= 0.6 is 11.6 Å². The van der Waals surface area contributed by atoms with E-state index in [1.54, 1.807) is 19.2 Å². The first-order valence-electron chi connectivity index (χ1n) is 4.67. The van der Waals surface area contributed by atoms with Crippen LogP contribution in [0, 0.1) is 0 Å². The highest BCUT2D eigenvalue weighted by molar-refractivity contribution is 6.31. The smallest absolute Gasteiger partial charge is 0.350 e. The van der Waals surface area contributed by atoms with Crippen molar-refractivity contribution >= 4 is 28.3 Å². The molecule has 1 heterocycles. The number of carbonyl (C=O) groups excluding carboxylic acids is 1. The van der Waals surface area contributed by atoms with E-state index in [2.05, 4.69) is 0 Å². The second-order valence-corrected chi connectivity index (χ2v) is 4.08. The summed E-state index contributed by atoms with van der Waals surface area (Å²) in [7, 11) is 1.57. The zero-order chi connectivity index (χ0) is 12.8. The SMILES string of the molecule is Cn1cc(C(=O)C(F)(F)F)c2cc(Cl)ccc21. The Morgan fingerprint density at radius 2 is 2.00 bits per heavy atom. The monoisotopic (exact) mass is 261 g/mol. The molecule has 2 nitrogen and oxygen atoms in total.